The molecule has 3 aromatic rings. The van der Waals surface area contributed by atoms with Crippen LogP contribution >= 0.6 is 11.8 Å². The maximum atomic E-state index is 5.94. The zero-order valence-corrected chi connectivity index (χ0v) is 21.3. The first-order chi connectivity index (χ1) is 16.6. The van der Waals surface area contributed by atoms with Gasteiger partial charge in [0, 0.05) is 30.5 Å². The number of aromatic nitrogens is 3. The molecule has 0 radical (unpaired) electrons. The maximum absolute atomic E-state index is 5.94. The Hall–Kier alpha value is -2.55. The quantitative estimate of drug-likeness (QED) is 0.367. The van der Waals surface area contributed by atoms with Gasteiger partial charge in [0.1, 0.15) is 17.3 Å². The standard InChI is InChI=1S/C26H34N4O3S/c1-19-8-5-6-9-21(19)18-34-26-28-27-25(30(26)16-23-10-7-13-33-23)17-29(2)15-20-11-12-22(31-3)14-24(20)32-4/h5-6,8-9,11-12,14,23H,7,10,13,15-18H2,1-4H3/t23-/m0/s1. The van der Waals surface area contributed by atoms with Gasteiger partial charge in [-0.1, -0.05) is 42.1 Å². The summed E-state index contributed by atoms with van der Waals surface area (Å²) in [6, 6.07) is 14.4. The number of rotatable bonds is 11. The molecule has 1 aromatic heterocycles. The van der Waals surface area contributed by atoms with Crippen LogP contribution in [0.2, 0.25) is 0 Å². The highest BCUT2D eigenvalue weighted by Crippen LogP contribution is 2.28. The van der Waals surface area contributed by atoms with Crippen LogP contribution in [-0.2, 0) is 30.1 Å². The zero-order chi connectivity index (χ0) is 23.9. The lowest BCUT2D eigenvalue weighted by atomic mass is 10.1. The average molecular weight is 483 g/mol. The molecule has 0 bridgehead atoms. The Morgan fingerprint density at radius 3 is 2.68 bits per heavy atom. The first kappa shape index (κ1) is 24.6. The molecule has 1 atom stereocenters. The predicted octanol–water partition coefficient (Wildman–Crippen LogP) is 4.71. The van der Waals surface area contributed by atoms with E-state index in [-0.39, 0.29) is 6.10 Å². The normalized spacial score (nSPS) is 15.7. The molecule has 4 rings (SSSR count). The van der Waals surface area contributed by atoms with Crippen molar-refractivity contribution in [2.24, 2.45) is 0 Å². The van der Waals surface area contributed by atoms with E-state index in [0.717, 1.165) is 66.3 Å². The summed E-state index contributed by atoms with van der Waals surface area (Å²) in [5.74, 6) is 3.43. The maximum Gasteiger partial charge on any atom is 0.191 e. The molecule has 2 aromatic carbocycles. The SMILES string of the molecule is COc1ccc(CN(C)Cc2nnc(SCc3ccccc3C)n2C[C@@H]2CCCO2)c(OC)c1. The van der Waals surface area contributed by atoms with E-state index in [1.807, 2.05) is 12.1 Å². The third kappa shape index (κ3) is 6.11. The average Bonchev–Trinajstić information content (AvgIpc) is 3.49. The summed E-state index contributed by atoms with van der Waals surface area (Å²) in [6.07, 6.45) is 2.42. The molecule has 0 spiro atoms. The Morgan fingerprint density at radius 1 is 1.09 bits per heavy atom. The molecule has 1 fully saturated rings. The highest BCUT2D eigenvalue weighted by atomic mass is 32.2. The Labute approximate surface area is 206 Å². The summed E-state index contributed by atoms with van der Waals surface area (Å²) in [7, 11) is 5.44. The van der Waals surface area contributed by atoms with Gasteiger partial charge in [0.25, 0.3) is 0 Å². The van der Waals surface area contributed by atoms with Crippen LogP contribution in [0, 0.1) is 6.92 Å². The van der Waals surface area contributed by atoms with Crippen LogP contribution in [0.1, 0.15) is 35.4 Å². The minimum atomic E-state index is 0.222. The smallest absolute Gasteiger partial charge is 0.191 e. The molecule has 7 nitrogen and oxygen atoms in total. The fourth-order valence-electron chi connectivity index (χ4n) is 4.20. The van der Waals surface area contributed by atoms with Crippen molar-refractivity contribution in [2.75, 3.05) is 27.9 Å². The Morgan fingerprint density at radius 2 is 1.94 bits per heavy atom. The number of methoxy groups -OCH3 is 2. The summed E-state index contributed by atoms with van der Waals surface area (Å²) in [6.45, 7) is 5.19. The van der Waals surface area contributed by atoms with Crippen LogP contribution in [0.4, 0.5) is 0 Å². The molecule has 1 aliphatic heterocycles. The number of thioether (sulfide) groups is 1. The largest absolute Gasteiger partial charge is 0.497 e. The van der Waals surface area contributed by atoms with Gasteiger partial charge in [-0.05, 0) is 44.0 Å². The summed E-state index contributed by atoms with van der Waals surface area (Å²) in [4.78, 5) is 2.23. The molecular weight excluding hydrogens is 448 g/mol. The van der Waals surface area contributed by atoms with Gasteiger partial charge in [0.15, 0.2) is 5.16 Å². The van der Waals surface area contributed by atoms with E-state index in [1.165, 1.54) is 11.1 Å². The van der Waals surface area contributed by atoms with Crippen molar-refractivity contribution in [3.05, 3.63) is 65.0 Å². The lowest BCUT2D eigenvalue weighted by Crippen LogP contribution is -2.23. The van der Waals surface area contributed by atoms with Crippen LogP contribution in [0.5, 0.6) is 11.5 Å². The van der Waals surface area contributed by atoms with Crippen molar-refractivity contribution in [3.63, 3.8) is 0 Å². The lowest BCUT2D eigenvalue weighted by Gasteiger charge is -2.20. The van der Waals surface area contributed by atoms with Crippen LogP contribution in [0.15, 0.2) is 47.6 Å². The predicted molar refractivity (Wildman–Crippen MR) is 134 cm³/mol. The van der Waals surface area contributed by atoms with Crippen molar-refractivity contribution < 1.29 is 14.2 Å². The number of benzene rings is 2. The highest BCUT2D eigenvalue weighted by Gasteiger charge is 2.22. The van der Waals surface area contributed by atoms with Gasteiger partial charge in [-0.2, -0.15) is 0 Å². The molecule has 1 aliphatic rings. The molecular formula is C26H34N4O3S. The lowest BCUT2D eigenvalue weighted by molar-refractivity contribution is 0.0934. The summed E-state index contributed by atoms with van der Waals surface area (Å²) >= 11 is 1.74. The molecule has 0 aliphatic carbocycles. The van der Waals surface area contributed by atoms with Crippen LogP contribution in [0.3, 0.4) is 0 Å². The Kier molecular flexibility index (Phi) is 8.48. The van der Waals surface area contributed by atoms with Crippen LogP contribution in [0.25, 0.3) is 0 Å². The van der Waals surface area contributed by atoms with E-state index in [2.05, 4.69) is 64.0 Å². The van der Waals surface area contributed by atoms with Gasteiger partial charge < -0.3 is 18.8 Å². The van der Waals surface area contributed by atoms with Gasteiger partial charge in [0.2, 0.25) is 0 Å². The van der Waals surface area contributed by atoms with E-state index in [9.17, 15) is 0 Å². The number of nitrogens with zero attached hydrogens (tertiary/aromatic N) is 4. The Balaban J connectivity index is 1.49. The summed E-state index contributed by atoms with van der Waals surface area (Å²) in [5, 5.41) is 10.1. The molecule has 8 heteroatoms. The fourth-order valence-corrected chi connectivity index (χ4v) is 5.25. The molecule has 0 amide bonds. The van der Waals surface area contributed by atoms with Crippen molar-refractivity contribution in [2.45, 2.75) is 56.4 Å². The monoisotopic (exact) mass is 482 g/mol. The molecule has 182 valence electrons. The van der Waals surface area contributed by atoms with E-state index in [1.54, 1.807) is 26.0 Å². The second-order valence-electron chi connectivity index (χ2n) is 8.71. The first-order valence-electron chi connectivity index (χ1n) is 11.7. The molecule has 0 unspecified atom stereocenters. The van der Waals surface area contributed by atoms with Crippen LogP contribution < -0.4 is 9.47 Å². The van der Waals surface area contributed by atoms with Crippen molar-refractivity contribution in [3.8, 4) is 11.5 Å². The van der Waals surface area contributed by atoms with Crippen molar-refractivity contribution >= 4 is 11.8 Å². The third-order valence-electron chi connectivity index (χ3n) is 6.17. The number of hydrogen-bond acceptors (Lipinski definition) is 7. The number of aryl methyl sites for hydroxylation is 1. The molecule has 0 N–H and O–H groups in total. The number of hydrogen-bond donors (Lipinski definition) is 0. The molecule has 1 saturated heterocycles. The third-order valence-corrected chi connectivity index (χ3v) is 7.18. The van der Waals surface area contributed by atoms with Gasteiger partial charge in [-0.15, -0.1) is 10.2 Å². The zero-order valence-electron chi connectivity index (χ0n) is 20.5. The second-order valence-corrected chi connectivity index (χ2v) is 9.65. The minimum Gasteiger partial charge on any atom is -0.497 e. The number of ether oxygens (including phenoxy) is 3. The van der Waals surface area contributed by atoms with Gasteiger partial charge in [0.05, 0.1) is 33.4 Å². The van der Waals surface area contributed by atoms with Gasteiger partial charge in [-0.3, -0.25) is 4.90 Å². The van der Waals surface area contributed by atoms with Gasteiger partial charge >= 0.3 is 0 Å². The second kappa shape index (κ2) is 11.7. The van der Waals surface area contributed by atoms with Crippen molar-refractivity contribution in [1.29, 1.82) is 0 Å². The fraction of sp³-hybridized carbons (Fsp3) is 0.462. The van der Waals surface area contributed by atoms with E-state index < -0.39 is 0 Å². The minimum absolute atomic E-state index is 0.222. The van der Waals surface area contributed by atoms with Crippen molar-refractivity contribution in [1.82, 2.24) is 19.7 Å². The van der Waals surface area contributed by atoms with E-state index in [4.69, 9.17) is 14.2 Å². The molecule has 2 heterocycles. The van der Waals surface area contributed by atoms with E-state index >= 15 is 0 Å². The van der Waals surface area contributed by atoms with Crippen LogP contribution in [-0.4, -0.2) is 53.6 Å². The topological polar surface area (TPSA) is 61.6 Å². The van der Waals surface area contributed by atoms with E-state index in [0.29, 0.717) is 6.54 Å². The van der Waals surface area contributed by atoms with Gasteiger partial charge in [-0.25, -0.2) is 0 Å². The Bertz CT molecular complexity index is 1080. The first-order valence-corrected chi connectivity index (χ1v) is 12.7. The highest BCUT2D eigenvalue weighted by molar-refractivity contribution is 7.98. The molecule has 0 saturated carbocycles. The molecule has 34 heavy (non-hydrogen) atoms. The summed E-state index contributed by atoms with van der Waals surface area (Å²) in [5.41, 5.74) is 3.73. The summed E-state index contributed by atoms with van der Waals surface area (Å²) < 4.78 is 19.1.